The second kappa shape index (κ2) is 6.51. The van der Waals surface area contributed by atoms with Crippen LogP contribution in [0.4, 0.5) is 0 Å². The van der Waals surface area contributed by atoms with Crippen molar-refractivity contribution in [3.63, 3.8) is 0 Å². The van der Waals surface area contributed by atoms with E-state index in [-0.39, 0.29) is 22.4 Å². The summed E-state index contributed by atoms with van der Waals surface area (Å²) in [5.41, 5.74) is 1.07. The van der Waals surface area contributed by atoms with Crippen molar-refractivity contribution in [3.8, 4) is 5.75 Å². The van der Waals surface area contributed by atoms with Gasteiger partial charge < -0.3 is 36.6 Å². The van der Waals surface area contributed by atoms with Crippen molar-refractivity contribution in [3.05, 3.63) is 52.8 Å². The van der Waals surface area contributed by atoms with Gasteiger partial charge in [-0.2, -0.15) is 0 Å². The number of aliphatic hydroxyl groups excluding tert-OH is 3. The number of hydrogen-bond acceptors (Lipinski definition) is 9. The van der Waals surface area contributed by atoms with Crippen LogP contribution in [0.1, 0.15) is 11.1 Å². The fourth-order valence-corrected chi connectivity index (χ4v) is 5.00. The third-order valence-electron chi connectivity index (χ3n) is 6.39. The highest BCUT2D eigenvalue weighted by Gasteiger charge is 2.67. The maximum atomic E-state index is 13.5. The predicted molar refractivity (Wildman–Crippen MR) is 106 cm³/mol. The molecule has 8 N–H and O–H groups in total. The Kier molecular flexibility index (Phi) is 4.37. The topological polar surface area (TPSA) is 190 Å². The third-order valence-corrected chi connectivity index (χ3v) is 6.39. The Hall–Kier alpha value is -3.47. The van der Waals surface area contributed by atoms with Crippen LogP contribution in [0.3, 0.4) is 0 Å². The molecule has 1 amide bonds. The summed E-state index contributed by atoms with van der Waals surface area (Å²) in [7, 11) is 1.31. The summed E-state index contributed by atoms with van der Waals surface area (Å²) in [4.78, 5) is 38.1. The maximum absolute atomic E-state index is 13.5. The Bertz CT molecular complexity index is 1150. The summed E-state index contributed by atoms with van der Waals surface area (Å²) >= 11 is 0. The van der Waals surface area contributed by atoms with Gasteiger partial charge in [0.2, 0.25) is 5.78 Å². The van der Waals surface area contributed by atoms with Crippen molar-refractivity contribution in [2.75, 3.05) is 7.05 Å². The van der Waals surface area contributed by atoms with Crippen LogP contribution >= 0.6 is 0 Å². The lowest BCUT2D eigenvalue weighted by Gasteiger charge is -2.51. The Balaban J connectivity index is 2.07. The summed E-state index contributed by atoms with van der Waals surface area (Å²) in [6.07, 6.45) is -1.69. The number of Topliss-reactive ketones (excluding diaryl/α,β-unsaturated/α-hetero) is 2. The minimum absolute atomic E-state index is 0.128. The second-order valence-electron chi connectivity index (χ2n) is 7.80. The van der Waals surface area contributed by atoms with Crippen molar-refractivity contribution >= 4 is 28.8 Å². The van der Waals surface area contributed by atoms with Gasteiger partial charge in [0.05, 0.1) is 29.2 Å². The van der Waals surface area contributed by atoms with Crippen molar-refractivity contribution in [2.45, 2.75) is 17.7 Å². The molecule has 162 valence electrons. The van der Waals surface area contributed by atoms with Crippen molar-refractivity contribution in [1.82, 2.24) is 5.32 Å². The SMILES string of the molecule is C=C1c2cccc(O)c2C(O)=C2C(=O)[C@]3(O)C(O)=C(C(N)=O)C(=O)[C@@H](NC)[C@@H]3[C@@H](O)[C@H]12. The number of hydrogen-bond donors (Lipinski definition) is 7. The maximum Gasteiger partial charge on any atom is 0.255 e. The van der Waals surface area contributed by atoms with E-state index < -0.39 is 69.7 Å². The molecule has 4 rings (SSSR count). The van der Waals surface area contributed by atoms with Gasteiger partial charge in [-0.15, -0.1) is 0 Å². The predicted octanol–water partition coefficient (Wildman–Crippen LogP) is -0.937. The van der Waals surface area contributed by atoms with E-state index >= 15 is 0 Å². The van der Waals surface area contributed by atoms with Crippen LogP contribution in [0.25, 0.3) is 11.3 Å². The van der Waals surface area contributed by atoms with Crippen LogP contribution in [0, 0.1) is 11.8 Å². The lowest BCUT2D eigenvalue weighted by atomic mass is 9.55. The molecule has 5 atom stereocenters. The number of nitrogens with two attached hydrogens (primary N) is 1. The molecule has 3 aliphatic rings. The molecule has 0 spiro atoms. The molecule has 0 saturated heterocycles. The zero-order valence-electron chi connectivity index (χ0n) is 16.3. The Morgan fingerprint density at radius 2 is 1.87 bits per heavy atom. The number of fused-ring (bicyclic) bond motifs is 3. The van der Waals surface area contributed by atoms with Crippen LogP contribution in [0.2, 0.25) is 0 Å². The number of phenols is 1. The first kappa shape index (κ1) is 20.8. The number of benzene rings is 1. The van der Waals surface area contributed by atoms with Gasteiger partial charge in [0.1, 0.15) is 22.8 Å². The average molecular weight is 428 g/mol. The zero-order valence-corrected chi connectivity index (χ0v) is 16.3. The molecule has 1 saturated carbocycles. The summed E-state index contributed by atoms with van der Waals surface area (Å²) < 4.78 is 0. The van der Waals surface area contributed by atoms with E-state index in [4.69, 9.17) is 5.73 Å². The van der Waals surface area contributed by atoms with Crippen LogP contribution in [-0.2, 0) is 14.4 Å². The summed E-state index contributed by atoms with van der Waals surface area (Å²) in [6.45, 7) is 3.89. The normalized spacial score (nSPS) is 32.5. The standard InChI is InChI=1S/C21H20N2O8/c1-6-7-4-3-5-8(24)10(7)15(25)11-9(6)16(26)13-14(23-2)17(27)12(20(22)30)19(29)21(13,31)18(11)28/h3-5,9,13-14,16,23-26,29,31H,1H2,2H3,(H2,22,30)/t9-,13-,14+,16+,21+/m1/s1. The van der Waals surface area contributed by atoms with E-state index in [1.54, 1.807) is 0 Å². The van der Waals surface area contributed by atoms with Gasteiger partial charge in [-0.25, -0.2) is 0 Å². The number of phenolic OH excluding ortho intramolecular Hbond substituents is 1. The van der Waals surface area contributed by atoms with Crippen LogP contribution in [0.15, 0.2) is 41.7 Å². The number of aromatic hydroxyl groups is 1. The minimum atomic E-state index is -2.94. The number of ketones is 2. The molecule has 10 nitrogen and oxygen atoms in total. The molecule has 1 aromatic rings. The largest absolute Gasteiger partial charge is 0.508 e. The molecule has 1 aromatic carbocycles. The van der Waals surface area contributed by atoms with Gasteiger partial charge in [-0.1, -0.05) is 18.7 Å². The van der Waals surface area contributed by atoms with E-state index in [1.165, 1.54) is 25.2 Å². The highest BCUT2D eigenvalue weighted by molar-refractivity contribution is 6.25. The van der Waals surface area contributed by atoms with Gasteiger partial charge in [-0.05, 0) is 24.3 Å². The summed E-state index contributed by atoms with van der Waals surface area (Å²) in [5, 5.41) is 56.8. The number of carbonyl (C=O) groups is 3. The molecule has 0 aromatic heterocycles. The van der Waals surface area contributed by atoms with Gasteiger partial charge in [-0.3, -0.25) is 14.4 Å². The molecule has 0 heterocycles. The van der Waals surface area contributed by atoms with Crippen molar-refractivity contribution < 1.29 is 39.9 Å². The fourth-order valence-electron chi connectivity index (χ4n) is 5.00. The van der Waals surface area contributed by atoms with E-state index in [1.807, 2.05) is 0 Å². The van der Waals surface area contributed by atoms with Crippen LogP contribution < -0.4 is 11.1 Å². The number of rotatable bonds is 2. The molecule has 0 aliphatic heterocycles. The van der Waals surface area contributed by atoms with Gasteiger partial charge >= 0.3 is 0 Å². The Morgan fingerprint density at radius 1 is 1.23 bits per heavy atom. The molecular weight excluding hydrogens is 408 g/mol. The van der Waals surface area contributed by atoms with Gasteiger partial charge in [0.15, 0.2) is 11.4 Å². The van der Waals surface area contributed by atoms with Gasteiger partial charge in [0.25, 0.3) is 5.91 Å². The van der Waals surface area contributed by atoms with E-state index in [9.17, 15) is 39.9 Å². The van der Waals surface area contributed by atoms with Crippen molar-refractivity contribution in [1.29, 1.82) is 0 Å². The fraction of sp³-hybridized carbons (Fsp3) is 0.286. The van der Waals surface area contributed by atoms with E-state index in [0.29, 0.717) is 0 Å². The molecule has 10 heteroatoms. The smallest absolute Gasteiger partial charge is 0.255 e. The average Bonchev–Trinajstić information content (AvgIpc) is 2.70. The van der Waals surface area contributed by atoms with Gasteiger partial charge in [0, 0.05) is 5.92 Å². The van der Waals surface area contributed by atoms with E-state index in [2.05, 4.69) is 11.9 Å². The number of carbonyl (C=O) groups excluding carboxylic acids is 3. The monoisotopic (exact) mass is 428 g/mol. The first-order valence-electron chi connectivity index (χ1n) is 9.34. The number of likely N-dealkylation sites (N-methyl/N-ethyl adjacent to an activating group) is 1. The molecule has 1 fully saturated rings. The quantitative estimate of drug-likeness (QED) is 0.291. The molecule has 0 bridgehead atoms. The molecule has 31 heavy (non-hydrogen) atoms. The lowest BCUT2D eigenvalue weighted by molar-refractivity contribution is -0.161. The highest BCUT2D eigenvalue weighted by Crippen LogP contribution is 2.54. The first-order chi connectivity index (χ1) is 14.5. The second-order valence-corrected chi connectivity index (χ2v) is 7.80. The molecule has 3 aliphatic carbocycles. The number of aliphatic hydroxyl groups is 4. The molecule has 0 unspecified atom stereocenters. The Morgan fingerprint density at radius 3 is 2.45 bits per heavy atom. The van der Waals surface area contributed by atoms with Crippen LogP contribution in [0.5, 0.6) is 5.75 Å². The molecular formula is C21H20N2O8. The number of primary amides is 1. The van der Waals surface area contributed by atoms with Crippen LogP contribution in [-0.4, -0.2) is 67.8 Å². The highest BCUT2D eigenvalue weighted by atomic mass is 16.4. The van der Waals surface area contributed by atoms with E-state index in [0.717, 1.165) is 0 Å². The van der Waals surface area contributed by atoms with Crippen molar-refractivity contribution in [2.24, 2.45) is 17.6 Å². The summed E-state index contributed by atoms with van der Waals surface area (Å²) in [6, 6.07) is 2.82. The summed E-state index contributed by atoms with van der Waals surface area (Å²) in [5.74, 6) is -8.87. The minimum Gasteiger partial charge on any atom is -0.508 e. The lowest BCUT2D eigenvalue weighted by Crippen LogP contribution is -2.70. The third kappa shape index (κ3) is 2.34. The zero-order chi connectivity index (χ0) is 23.0. The molecule has 0 radical (unpaired) electrons. The number of amides is 1. The Labute approximate surface area is 175 Å². The number of nitrogens with one attached hydrogen (secondary N) is 1. The first-order valence-corrected chi connectivity index (χ1v) is 9.34.